The fourth-order valence-electron chi connectivity index (χ4n) is 4.26. The molecule has 0 spiro atoms. The van der Waals surface area contributed by atoms with Crippen LogP contribution in [0, 0.1) is 0 Å². The molecule has 3 aromatic rings. The number of benzene rings is 2. The molecular weight excluding hydrogens is 384 g/mol. The van der Waals surface area contributed by atoms with Crippen molar-refractivity contribution in [1.29, 1.82) is 0 Å². The van der Waals surface area contributed by atoms with Gasteiger partial charge < -0.3 is 15.0 Å². The van der Waals surface area contributed by atoms with Crippen LogP contribution in [-0.4, -0.2) is 57.5 Å². The number of imidazole rings is 1. The number of para-hydroxylation sites is 3. The molecule has 0 amide bonds. The second-order valence-corrected chi connectivity index (χ2v) is 8.86. The number of hydrogen-bond donors (Lipinski definition) is 2. The van der Waals surface area contributed by atoms with Crippen LogP contribution >= 0.6 is 0 Å². The number of hydrogen-bond acceptors (Lipinski definition) is 5. The van der Waals surface area contributed by atoms with Crippen molar-refractivity contribution in [3.8, 4) is 0 Å². The van der Waals surface area contributed by atoms with Crippen molar-refractivity contribution in [2.45, 2.75) is 30.3 Å². The van der Waals surface area contributed by atoms with E-state index < -0.39 is 10.8 Å². The highest BCUT2D eigenvalue weighted by Crippen LogP contribution is 2.39. The fourth-order valence-corrected chi connectivity index (χ4v) is 5.34. The van der Waals surface area contributed by atoms with E-state index in [1.165, 1.54) is 11.3 Å². The van der Waals surface area contributed by atoms with Gasteiger partial charge in [-0.15, -0.1) is 0 Å². The van der Waals surface area contributed by atoms with E-state index in [0.29, 0.717) is 17.5 Å². The Morgan fingerprint density at radius 2 is 2.10 bits per heavy atom. The van der Waals surface area contributed by atoms with Crippen molar-refractivity contribution in [3.05, 3.63) is 53.6 Å². The minimum Gasteiger partial charge on any atom is -0.395 e. The first-order valence-corrected chi connectivity index (χ1v) is 11.4. The second-order valence-electron chi connectivity index (χ2n) is 7.49. The summed E-state index contributed by atoms with van der Waals surface area (Å²) in [6, 6.07) is 14.3. The molecule has 1 aliphatic rings. The number of aromatic amines is 1. The van der Waals surface area contributed by atoms with E-state index in [1.54, 1.807) is 0 Å². The standard InChI is InChI=1S/C22H28N4O2S/c1-3-26-12-11-20(25(2)13-14-27)17-8-6-7-16(21(17)26)15-29(28)22-23-18-9-4-5-10-19(18)24-22/h4-10,20,27H,3,11-15H2,1-2H3,(H,23,24). The van der Waals surface area contributed by atoms with Gasteiger partial charge in [0.2, 0.25) is 0 Å². The van der Waals surface area contributed by atoms with Crippen LogP contribution in [0.25, 0.3) is 11.0 Å². The summed E-state index contributed by atoms with van der Waals surface area (Å²) in [5, 5.41) is 9.89. The molecule has 4 rings (SSSR count). The maximum absolute atomic E-state index is 13.1. The van der Waals surface area contributed by atoms with Gasteiger partial charge in [-0.1, -0.05) is 30.3 Å². The number of aliphatic hydroxyl groups is 1. The molecule has 0 aliphatic carbocycles. The van der Waals surface area contributed by atoms with Crippen LogP contribution in [0.15, 0.2) is 47.6 Å². The van der Waals surface area contributed by atoms with Crippen LogP contribution in [0.2, 0.25) is 0 Å². The largest absolute Gasteiger partial charge is 0.395 e. The van der Waals surface area contributed by atoms with Gasteiger partial charge in [-0.25, -0.2) is 4.98 Å². The lowest BCUT2D eigenvalue weighted by atomic mass is 9.92. The Morgan fingerprint density at radius 3 is 2.86 bits per heavy atom. The van der Waals surface area contributed by atoms with E-state index in [0.717, 1.165) is 36.1 Å². The lowest BCUT2D eigenvalue weighted by molar-refractivity contribution is 0.172. The number of aliphatic hydroxyl groups excluding tert-OH is 1. The molecule has 1 aromatic heterocycles. The van der Waals surface area contributed by atoms with Crippen LogP contribution in [-0.2, 0) is 16.6 Å². The average Bonchev–Trinajstić information content (AvgIpc) is 3.18. The molecule has 2 unspecified atom stereocenters. The summed E-state index contributed by atoms with van der Waals surface area (Å²) in [6.07, 6.45) is 1.02. The summed E-state index contributed by atoms with van der Waals surface area (Å²) < 4.78 is 13.1. The summed E-state index contributed by atoms with van der Waals surface area (Å²) in [5.41, 5.74) is 5.29. The number of aromatic nitrogens is 2. The summed E-state index contributed by atoms with van der Waals surface area (Å²) in [6.45, 7) is 4.82. The Bertz CT molecular complexity index is 986. The predicted molar refractivity (Wildman–Crippen MR) is 118 cm³/mol. The number of H-pyrrole nitrogens is 1. The van der Waals surface area contributed by atoms with Crippen molar-refractivity contribution >= 4 is 27.5 Å². The highest BCUT2D eigenvalue weighted by Gasteiger charge is 2.29. The van der Waals surface area contributed by atoms with Crippen molar-refractivity contribution in [2.24, 2.45) is 0 Å². The van der Waals surface area contributed by atoms with Gasteiger partial charge in [-0.2, -0.15) is 0 Å². The SMILES string of the molecule is CCN1CCC(N(C)CCO)c2cccc(CS(=O)c3nc4ccccc4[nH]3)c21. The zero-order chi connectivity index (χ0) is 20.4. The summed E-state index contributed by atoms with van der Waals surface area (Å²) in [5.74, 6) is 0.427. The van der Waals surface area contributed by atoms with Crippen LogP contribution in [0.1, 0.15) is 30.5 Å². The average molecular weight is 413 g/mol. The molecule has 0 radical (unpaired) electrons. The molecule has 7 heteroatoms. The smallest absolute Gasteiger partial charge is 0.197 e. The van der Waals surface area contributed by atoms with Crippen molar-refractivity contribution < 1.29 is 9.32 Å². The summed E-state index contributed by atoms with van der Waals surface area (Å²) >= 11 is 0. The Labute approximate surface area is 174 Å². The van der Waals surface area contributed by atoms with Crippen LogP contribution in [0.5, 0.6) is 0 Å². The second kappa shape index (κ2) is 8.65. The van der Waals surface area contributed by atoms with Gasteiger partial charge in [0.1, 0.15) is 0 Å². The molecular formula is C22H28N4O2S. The van der Waals surface area contributed by atoms with Gasteiger partial charge in [0.25, 0.3) is 0 Å². The molecule has 1 aliphatic heterocycles. The van der Waals surface area contributed by atoms with Gasteiger partial charge in [-0.3, -0.25) is 9.11 Å². The third kappa shape index (κ3) is 3.95. The maximum atomic E-state index is 13.1. The number of likely N-dealkylation sites (N-methyl/N-ethyl adjacent to an activating group) is 1. The Hall–Kier alpha value is -2.22. The van der Waals surface area contributed by atoms with Gasteiger partial charge in [0, 0.05) is 31.4 Å². The minimum atomic E-state index is -1.25. The maximum Gasteiger partial charge on any atom is 0.197 e. The molecule has 0 saturated carbocycles. The number of nitrogens with one attached hydrogen (secondary N) is 1. The molecule has 2 atom stereocenters. The van der Waals surface area contributed by atoms with E-state index in [1.807, 2.05) is 24.3 Å². The van der Waals surface area contributed by atoms with E-state index in [2.05, 4.69) is 51.9 Å². The number of rotatable bonds is 7. The molecule has 29 heavy (non-hydrogen) atoms. The Kier molecular flexibility index (Phi) is 5.99. The third-order valence-corrected chi connectivity index (χ3v) is 6.93. The monoisotopic (exact) mass is 412 g/mol. The summed E-state index contributed by atoms with van der Waals surface area (Å²) in [7, 11) is 0.807. The molecule has 2 N–H and O–H groups in total. The first kappa shape index (κ1) is 20.1. The number of anilines is 1. The highest BCUT2D eigenvalue weighted by atomic mass is 32.2. The van der Waals surface area contributed by atoms with Crippen molar-refractivity contribution in [3.63, 3.8) is 0 Å². The third-order valence-electron chi connectivity index (χ3n) is 5.73. The molecule has 0 saturated heterocycles. The predicted octanol–water partition coefficient (Wildman–Crippen LogP) is 3.07. The van der Waals surface area contributed by atoms with Crippen molar-refractivity contribution in [1.82, 2.24) is 14.9 Å². The molecule has 2 heterocycles. The highest BCUT2D eigenvalue weighted by molar-refractivity contribution is 7.84. The van der Waals surface area contributed by atoms with E-state index in [4.69, 9.17) is 0 Å². The Balaban J connectivity index is 1.67. The molecule has 6 nitrogen and oxygen atoms in total. The van der Waals surface area contributed by atoms with Gasteiger partial charge >= 0.3 is 0 Å². The molecule has 2 aromatic carbocycles. The lowest BCUT2D eigenvalue weighted by Gasteiger charge is -2.40. The van der Waals surface area contributed by atoms with Gasteiger partial charge in [0.15, 0.2) is 5.16 Å². The quantitative estimate of drug-likeness (QED) is 0.624. The fraction of sp³-hybridized carbons (Fsp3) is 0.409. The normalized spacial score (nSPS) is 17.7. The van der Waals surface area contributed by atoms with Crippen LogP contribution in [0.3, 0.4) is 0 Å². The minimum absolute atomic E-state index is 0.148. The van der Waals surface area contributed by atoms with E-state index >= 15 is 0 Å². The summed E-state index contributed by atoms with van der Waals surface area (Å²) in [4.78, 5) is 12.3. The lowest BCUT2D eigenvalue weighted by Crippen LogP contribution is -2.38. The zero-order valence-corrected chi connectivity index (χ0v) is 17.8. The van der Waals surface area contributed by atoms with Gasteiger partial charge in [0.05, 0.1) is 34.2 Å². The van der Waals surface area contributed by atoms with Crippen LogP contribution in [0.4, 0.5) is 5.69 Å². The van der Waals surface area contributed by atoms with Crippen LogP contribution < -0.4 is 4.90 Å². The van der Waals surface area contributed by atoms with E-state index in [9.17, 15) is 9.32 Å². The molecule has 154 valence electrons. The Morgan fingerprint density at radius 1 is 1.28 bits per heavy atom. The molecule has 0 bridgehead atoms. The number of nitrogens with zero attached hydrogens (tertiary/aromatic N) is 3. The first-order valence-electron chi connectivity index (χ1n) is 10.1. The number of fused-ring (bicyclic) bond motifs is 2. The first-order chi connectivity index (χ1) is 14.1. The topological polar surface area (TPSA) is 72.5 Å². The zero-order valence-electron chi connectivity index (χ0n) is 17.0. The van der Waals surface area contributed by atoms with E-state index in [-0.39, 0.29) is 12.6 Å². The van der Waals surface area contributed by atoms with Crippen molar-refractivity contribution in [2.75, 3.05) is 38.2 Å². The van der Waals surface area contributed by atoms with Gasteiger partial charge in [-0.05, 0) is 43.7 Å². The molecule has 0 fully saturated rings.